The van der Waals surface area contributed by atoms with Crippen molar-refractivity contribution in [2.75, 3.05) is 0 Å². The molecular weight excluding hydrogens is 332 g/mol. The van der Waals surface area contributed by atoms with Gasteiger partial charge < -0.3 is 14.3 Å². The maximum absolute atomic E-state index is 12.1. The molecule has 132 valence electrons. The van der Waals surface area contributed by atoms with Crippen LogP contribution >= 0.6 is 0 Å². The number of hydrazone groups is 1. The SMILES string of the molecule is C/C(=N\NC(=O)c1ccc(COc2ccccc2)o1)c1ccc(O)cc1. The van der Waals surface area contributed by atoms with Crippen LogP contribution in [0.2, 0.25) is 0 Å². The van der Waals surface area contributed by atoms with Gasteiger partial charge in [-0.25, -0.2) is 5.43 Å². The maximum Gasteiger partial charge on any atom is 0.307 e. The molecule has 2 N–H and O–H groups in total. The first-order chi connectivity index (χ1) is 12.6. The predicted molar refractivity (Wildman–Crippen MR) is 97.3 cm³/mol. The fraction of sp³-hybridized carbons (Fsp3) is 0.100. The van der Waals surface area contributed by atoms with Crippen molar-refractivity contribution in [1.82, 2.24) is 5.43 Å². The molecule has 1 heterocycles. The molecule has 26 heavy (non-hydrogen) atoms. The Balaban J connectivity index is 1.57. The van der Waals surface area contributed by atoms with E-state index in [0.29, 0.717) is 11.5 Å². The minimum Gasteiger partial charge on any atom is -0.508 e. The first kappa shape index (κ1) is 17.3. The van der Waals surface area contributed by atoms with Crippen LogP contribution in [-0.2, 0) is 6.61 Å². The average molecular weight is 350 g/mol. The van der Waals surface area contributed by atoms with E-state index in [1.165, 1.54) is 0 Å². The number of para-hydroxylation sites is 1. The number of amides is 1. The standard InChI is InChI=1S/C20H18N2O4/c1-14(15-7-9-16(23)10-8-15)21-22-20(24)19-12-11-18(26-19)13-25-17-5-3-2-4-6-17/h2-12,23H,13H2,1H3,(H,22,24)/b21-14+. The van der Waals surface area contributed by atoms with Gasteiger partial charge >= 0.3 is 5.91 Å². The average Bonchev–Trinajstić information content (AvgIpc) is 3.15. The lowest BCUT2D eigenvalue weighted by molar-refractivity contribution is 0.0923. The number of furan rings is 1. The van der Waals surface area contributed by atoms with Crippen LogP contribution in [-0.4, -0.2) is 16.7 Å². The molecule has 0 unspecified atom stereocenters. The van der Waals surface area contributed by atoms with E-state index in [2.05, 4.69) is 10.5 Å². The van der Waals surface area contributed by atoms with Crippen molar-refractivity contribution < 1.29 is 19.1 Å². The highest BCUT2D eigenvalue weighted by atomic mass is 16.5. The van der Waals surface area contributed by atoms with E-state index in [1.54, 1.807) is 43.3 Å². The number of hydrogen-bond donors (Lipinski definition) is 2. The number of aromatic hydroxyl groups is 1. The highest BCUT2D eigenvalue weighted by Crippen LogP contribution is 2.14. The van der Waals surface area contributed by atoms with Gasteiger partial charge in [-0.2, -0.15) is 5.10 Å². The summed E-state index contributed by atoms with van der Waals surface area (Å²) in [6, 6.07) is 19.2. The summed E-state index contributed by atoms with van der Waals surface area (Å²) in [6.07, 6.45) is 0. The highest BCUT2D eigenvalue weighted by Gasteiger charge is 2.11. The number of nitrogens with zero attached hydrogens (tertiary/aromatic N) is 1. The fourth-order valence-electron chi connectivity index (χ4n) is 2.21. The Kier molecular flexibility index (Phi) is 5.34. The molecule has 6 nitrogen and oxygen atoms in total. The maximum atomic E-state index is 12.1. The van der Waals surface area contributed by atoms with Gasteiger partial charge in [0, 0.05) is 0 Å². The number of benzene rings is 2. The normalized spacial score (nSPS) is 11.2. The molecule has 0 aliphatic heterocycles. The molecule has 3 aromatic rings. The lowest BCUT2D eigenvalue weighted by Gasteiger charge is -2.03. The van der Waals surface area contributed by atoms with Gasteiger partial charge in [0.1, 0.15) is 23.9 Å². The zero-order valence-electron chi connectivity index (χ0n) is 14.2. The number of nitrogens with one attached hydrogen (secondary N) is 1. The van der Waals surface area contributed by atoms with Crippen molar-refractivity contribution in [1.29, 1.82) is 0 Å². The quantitative estimate of drug-likeness (QED) is 0.524. The summed E-state index contributed by atoms with van der Waals surface area (Å²) in [6.45, 7) is 1.99. The third kappa shape index (κ3) is 4.51. The lowest BCUT2D eigenvalue weighted by atomic mass is 10.1. The molecule has 2 aromatic carbocycles. The van der Waals surface area contributed by atoms with Gasteiger partial charge in [-0.05, 0) is 61.0 Å². The summed E-state index contributed by atoms with van der Waals surface area (Å²) in [5.41, 5.74) is 3.85. The van der Waals surface area contributed by atoms with Crippen molar-refractivity contribution in [3.05, 3.63) is 83.8 Å². The second kappa shape index (κ2) is 8.02. The summed E-state index contributed by atoms with van der Waals surface area (Å²) in [5, 5.41) is 13.3. The van der Waals surface area contributed by atoms with Crippen LogP contribution in [0.3, 0.4) is 0 Å². The van der Waals surface area contributed by atoms with E-state index in [-0.39, 0.29) is 18.1 Å². The van der Waals surface area contributed by atoms with Gasteiger partial charge in [-0.3, -0.25) is 4.79 Å². The first-order valence-electron chi connectivity index (χ1n) is 8.02. The van der Waals surface area contributed by atoms with Crippen LogP contribution in [0.1, 0.15) is 28.8 Å². The molecule has 3 rings (SSSR count). The number of carbonyl (C=O) groups is 1. The number of carbonyl (C=O) groups excluding carboxylic acids is 1. The van der Waals surface area contributed by atoms with Crippen molar-refractivity contribution in [3.8, 4) is 11.5 Å². The number of rotatable bonds is 6. The topological polar surface area (TPSA) is 84.1 Å². The third-order valence-electron chi connectivity index (χ3n) is 3.62. The molecular formula is C20H18N2O4. The summed E-state index contributed by atoms with van der Waals surface area (Å²) in [5.74, 6) is 1.14. The fourth-order valence-corrected chi connectivity index (χ4v) is 2.21. The molecule has 0 aliphatic rings. The van der Waals surface area contributed by atoms with Gasteiger partial charge in [-0.1, -0.05) is 18.2 Å². The van der Waals surface area contributed by atoms with E-state index < -0.39 is 5.91 Å². The van der Waals surface area contributed by atoms with Crippen LogP contribution in [0.4, 0.5) is 0 Å². The number of ether oxygens (including phenoxy) is 1. The Morgan fingerprint density at radius 3 is 2.54 bits per heavy atom. The summed E-state index contributed by atoms with van der Waals surface area (Å²) >= 11 is 0. The Bertz CT molecular complexity index is 899. The van der Waals surface area contributed by atoms with Crippen LogP contribution in [0.5, 0.6) is 11.5 Å². The zero-order valence-corrected chi connectivity index (χ0v) is 14.2. The van der Waals surface area contributed by atoms with Crippen molar-refractivity contribution in [2.45, 2.75) is 13.5 Å². The van der Waals surface area contributed by atoms with E-state index in [9.17, 15) is 9.90 Å². The summed E-state index contributed by atoms with van der Waals surface area (Å²) in [7, 11) is 0. The monoisotopic (exact) mass is 350 g/mol. The van der Waals surface area contributed by atoms with E-state index >= 15 is 0 Å². The molecule has 0 saturated heterocycles. The van der Waals surface area contributed by atoms with Crippen LogP contribution in [0.15, 0.2) is 76.2 Å². The number of phenolic OH excluding ortho intramolecular Hbond substituents is 1. The van der Waals surface area contributed by atoms with Crippen molar-refractivity contribution in [2.24, 2.45) is 5.10 Å². The van der Waals surface area contributed by atoms with E-state index in [1.807, 2.05) is 30.3 Å². The smallest absolute Gasteiger partial charge is 0.307 e. The largest absolute Gasteiger partial charge is 0.508 e. The van der Waals surface area contributed by atoms with Crippen LogP contribution in [0, 0.1) is 0 Å². The Morgan fingerprint density at radius 1 is 1.08 bits per heavy atom. The van der Waals surface area contributed by atoms with Crippen LogP contribution in [0.25, 0.3) is 0 Å². The minimum atomic E-state index is -0.450. The molecule has 1 amide bonds. The third-order valence-corrected chi connectivity index (χ3v) is 3.62. The number of hydrogen-bond acceptors (Lipinski definition) is 5. The van der Waals surface area contributed by atoms with Gasteiger partial charge in [0.25, 0.3) is 0 Å². The first-order valence-corrected chi connectivity index (χ1v) is 8.02. The van der Waals surface area contributed by atoms with Gasteiger partial charge in [0.05, 0.1) is 5.71 Å². The van der Waals surface area contributed by atoms with E-state index in [0.717, 1.165) is 11.3 Å². The van der Waals surface area contributed by atoms with Gasteiger partial charge in [-0.15, -0.1) is 0 Å². The molecule has 0 spiro atoms. The molecule has 0 bridgehead atoms. The summed E-state index contributed by atoms with van der Waals surface area (Å²) < 4.78 is 11.1. The van der Waals surface area contributed by atoms with E-state index in [4.69, 9.17) is 9.15 Å². The highest BCUT2D eigenvalue weighted by molar-refractivity contribution is 6.00. The molecule has 0 aliphatic carbocycles. The summed E-state index contributed by atoms with van der Waals surface area (Å²) in [4.78, 5) is 12.1. The van der Waals surface area contributed by atoms with Gasteiger partial charge in [0.2, 0.25) is 0 Å². The van der Waals surface area contributed by atoms with Crippen LogP contribution < -0.4 is 10.2 Å². The Hall–Kier alpha value is -3.54. The molecule has 0 atom stereocenters. The van der Waals surface area contributed by atoms with Crippen molar-refractivity contribution in [3.63, 3.8) is 0 Å². The Labute approximate surface area is 150 Å². The zero-order chi connectivity index (χ0) is 18.4. The lowest BCUT2D eigenvalue weighted by Crippen LogP contribution is -2.18. The van der Waals surface area contributed by atoms with Crippen molar-refractivity contribution >= 4 is 11.6 Å². The second-order valence-electron chi connectivity index (χ2n) is 5.55. The predicted octanol–water partition coefficient (Wildman–Crippen LogP) is 3.72. The molecule has 6 heteroatoms. The molecule has 0 saturated carbocycles. The number of phenols is 1. The molecule has 0 radical (unpaired) electrons. The minimum absolute atomic E-state index is 0.152. The molecule has 1 aromatic heterocycles. The second-order valence-corrected chi connectivity index (χ2v) is 5.55. The van der Waals surface area contributed by atoms with Gasteiger partial charge in [0.15, 0.2) is 5.76 Å². The molecule has 0 fully saturated rings. The Morgan fingerprint density at radius 2 is 1.81 bits per heavy atom.